The van der Waals surface area contributed by atoms with Crippen LogP contribution < -0.4 is 10.6 Å². The highest BCUT2D eigenvalue weighted by atomic mass is 35.5. The van der Waals surface area contributed by atoms with Crippen LogP contribution in [0.1, 0.15) is 45.4 Å². The lowest BCUT2D eigenvalue weighted by Crippen LogP contribution is -2.28. The summed E-state index contributed by atoms with van der Waals surface area (Å²) in [6, 6.07) is 3.91. The van der Waals surface area contributed by atoms with E-state index in [4.69, 9.17) is 11.6 Å². The van der Waals surface area contributed by atoms with Crippen LogP contribution in [0.3, 0.4) is 0 Å². The molecule has 0 radical (unpaired) electrons. The van der Waals surface area contributed by atoms with Gasteiger partial charge in [0.1, 0.15) is 11.1 Å². The highest BCUT2D eigenvalue weighted by molar-refractivity contribution is 8.15. The summed E-state index contributed by atoms with van der Waals surface area (Å²) in [6.07, 6.45) is 5.95. The highest BCUT2D eigenvalue weighted by Gasteiger charge is 2.32. The third kappa shape index (κ3) is 5.54. The van der Waals surface area contributed by atoms with Crippen molar-refractivity contribution in [3.63, 3.8) is 0 Å². The van der Waals surface area contributed by atoms with Crippen LogP contribution in [-0.4, -0.2) is 27.9 Å². The molecule has 2 aliphatic rings. The Labute approximate surface area is 172 Å². The lowest BCUT2D eigenvalue weighted by Gasteiger charge is -2.20. The average Bonchev–Trinajstić information content (AvgIpc) is 3.02. The second kappa shape index (κ2) is 9.52. The Balaban J connectivity index is 1.54. The van der Waals surface area contributed by atoms with Crippen molar-refractivity contribution in [2.75, 3.05) is 5.32 Å². The van der Waals surface area contributed by atoms with E-state index in [1.807, 2.05) is 6.92 Å². The van der Waals surface area contributed by atoms with Crippen molar-refractivity contribution >= 4 is 51.7 Å². The van der Waals surface area contributed by atoms with Gasteiger partial charge in [0.25, 0.3) is 0 Å². The molecule has 1 aromatic rings. The molecule has 1 atom stereocenters. The third-order valence-corrected chi connectivity index (χ3v) is 6.21. The van der Waals surface area contributed by atoms with Gasteiger partial charge in [0.2, 0.25) is 11.8 Å². The number of nitrogens with zero attached hydrogens (tertiary/aromatic N) is 2. The van der Waals surface area contributed by atoms with Gasteiger partial charge in [-0.2, -0.15) is 5.10 Å². The number of benzene rings is 1. The number of amides is 2. The van der Waals surface area contributed by atoms with E-state index in [2.05, 4.69) is 20.8 Å². The van der Waals surface area contributed by atoms with Crippen molar-refractivity contribution in [1.82, 2.24) is 5.32 Å². The van der Waals surface area contributed by atoms with Gasteiger partial charge in [-0.05, 0) is 43.9 Å². The Kier molecular flexibility index (Phi) is 7.07. The monoisotopic (exact) mass is 424 g/mol. The lowest BCUT2D eigenvalue weighted by atomic mass is 9.86. The van der Waals surface area contributed by atoms with Crippen molar-refractivity contribution in [1.29, 1.82) is 0 Å². The number of hydrogen-bond donors (Lipinski definition) is 2. The van der Waals surface area contributed by atoms with Crippen LogP contribution in [-0.2, 0) is 9.59 Å². The molecular formula is C19H22ClFN4O2S. The average molecular weight is 425 g/mol. The summed E-state index contributed by atoms with van der Waals surface area (Å²) in [7, 11) is 0. The van der Waals surface area contributed by atoms with E-state index >= 15 is 0 Å². The molecule has 6 nitrogen and oxygen atoms in total. The van der Waals surface area contributed by atoms with Gasteiger partial charge in [0, 0.05) is 17.8 Å². The van der Waals surface area contributed by atoms with Gasteiger partial charge in [0.05, 0.1) is 5.02 Å². The van der Waals surface area contributed by atoms with Crippen LogP contribution in [0.5, 0.6) is 0 Å². The molecule has 1 heterocycles. The zero-order valence-electron chi connectivity index (χ0n) is 15.5. The Morgan fingerprint density at radius 1 is 1.36 bits per heavy atom. The predicted octanol–water partition coefficient (Wildman–Crippen LogP) is 4.35. The van der Waals surface area contributed by atoms with Gasteiger partial charge >= 0.3 is 0 Å². The Bertz CT molecular complexity index is 824. The standard InChI is InChI=1S/C19H22ClFN4O2S/c1-11(12-5-3-2-4-6-12)24-25-19-23-18(27)16(28-19)10-17(26)22-13-7-8-15(21)14(20)9-13/h7-9,12,16H,2-6,10H2,1H3,(H,22,26)(H,23,25,27). The van der Waals surface area contributed by atoms with Crippen LogP contribution in [0.25, 0.3) is 0 Å². The largest absolute Gasteiger partial charge is 0.326 e. The van der Waals surface area contributed by atoms with Gasteiger partial charge in [-0.3, -0.25) is 9.59 Å². The zero-order valence-corrected chi connectivity index (χ0v) is 17.1. The summed E-state index contributed by atoms with van der Waals surface area (Å²) in [5.74, 6) is -0.736. The molecular weight excluding hydrogens is 403 g/mol. The molecule has 1 saturated heterocycles. The van der Waals surface area contributed by atoms with Crippen molar-refractivity contribution in [3.8, 4) is 0 Å². The Morgan fingerprint density at radius 3 is 2.82 bits per heavy atom. The number of thioether (sulfide) groups is 1. The van der Waals surface area contributed by atoms with E-state index in [1.54, 1.807) is 0 Å². The summed E-state index contributed by atoms with van der Waals surface area (Å²) >= 11 is 6.89. The Hall–Kier alpha value is -1.93. The van der Waals surface area contributed by atoms with E-state index in [9.17, 15) is 14.0 Å². The molecule has 1 unspecified atom stereocenters. The molecule has 28 heavy (non-hydrogen) atoms. The van der Waals surface area contributed by atoms with Gasteiger partial charge in [0.15, 0.2) is 5.17 Å². The van der Waals surface area contributed by atoms with Gasteiger partial charge in [-0.25, -0.2) is 4.39 Å². The molecule has 1 aromatic carbocycles. The summed E-state index contributed by atoms with van der Waals surface area (Å²) in [5.41, 5.74) is 1.36. The molecule has 0 bridgehead atoms. The fraction of sp³-hybridized carbons (Fsp3) is 0.474. The maximum atomic E-state index is 13.2. The molecule has 150 valence electrons. The van der Waals surface area contributed by atoms with Gasteiger partial charge in [-0.1, -0.05) is 42.6 Å². The number of nitrogens with one attached hydrogen (secondary N) is 2. The Morgan fingerprint density at radius 2 is 2.11 bits per heavy atom. The lowest BCUT2D eigenvalue weighted by molar-refractivity contribution is -0.122. The molecule has 0 spiro atoms. The first-order chi connectivity index (χ1) is 13.4. The number of carbonyl (C=O) groups is 2. The number of halogens is 2. The summed E-state index contributed by atoms with van der Waals surface area (Å²) in [4.78, 5) is 24.3. The normalized spacial score (nSPS) is 22.4. The minimum Gasteiger partial charge on any atom is -0.326 e. The van der Waals surface area contributed by atoms with Crippen molar-refractivity contribution in [2.45, 2.75) is 50.7 Å². The smallest absolute Gasteiger partial charge is 0.240 e. The minimum absolute atomic E-state index is 0.0319. The van der Waals surface area contributed by atoms with Gasteiger partial charge in [-0.15, -0.1) is 5.10 Å². The fourth-order valence-corrected chi connectivity index (χ4v) is 4.37. The summed E-state index contributed by atoms with van der Waals surface area (Å²) in [6.45, 7) is 1.97. The van der Waals surface area contributed by atoms with Crippen molar-refractivity contribution < 1.29 is 14.0 Å². The van der Waals surface area contributed by atoms with Crippen molar-refractivity contribution in [2.24, 2.45) is 16.1 Å². The van der Waals surface area contributed by atoms with Crippen LogP contribution in [0.4, 0.5) is 10.1 Å². The molecule has 1 saturated carbocycles. The van der Waals surface area contributed by atoms with E-state index in [0.29, 0.717) is 16.8 Å². The SMILES string of the molecule is CC(=N/N=C1/NC(=O)C(CC(=O)Nc2ccc(F)c(Cl)c2)S1)C1CCCCC1. The first-order valence-corrected chi connectivity index (χ1v) is 10.5. The molecule has 9 heteroatoms. The second-order valence-electron chi connectivity index (χ2n) is 6.96. The third-order valence-electron chi connectivity index (χ3n) is 4.85. The molecule has 0 aromatic heterocycles. The number of rotatable bonds is 5. The van der Waals surface area contributed by atoms with Crippen LogP contribution in [0.2, 0.25) is 5.02 Å². The molecule has 1 aliphatic heterocycles. The first kappa shape index (κ1) is 20.8. The van der Waals surface area contributed by atoms with Crippen LogP contribution in [0.15, 0.2) is 28.4 Å². The maximum Gasteiger partial charge on any atom is 0.240 e. The second-order valence-corrected chi connectivity index (χ2v) is 8.56. The maximum absolute atomic E-state index is 13.2. The summed E-state index contributed by atoms with van der Waals surface area (Å²) < 4.78 is 13.2. The van der Waals surface area contributed by atoms with Crippen molar-refractivity contribution in [3.05, 3.63) is 29.0 Å². The number of carbonyl (C=O) groups excluding carboxylic acids is 2. The predicted molar refractivity (Wildman–Crippen MR) is 111 cm³/mol. The number of hydrogen-bond acceptors (Lipinski definition) is 5. The number of anilines is 1. The number of amidine groups is 1. The minimum atomic E-state index is -0.583. The molecule has 2 amide bonds. The molecule has 1 aliphatic carbocycles. The first-order valence-electron chi connectivity index (χ1n) is 9.27. The fourth-order valence-electron chi connectivity index (χ4n) is 3.27. The quantitative estimate of drug-likeness (QED) is 0.544. The van der Waals surface area contributed by atoms with Gasteiger partial charge < -0.3 is 10.6 Å². The van der Waals surface area contributed by atoms with E-state index in [1.165, 1.54) is 49.2 Å². The molecule has 2 N–H and O–H groups in total. The molecule has 2 fully saturated rings. The van der Waals surface area contributed by atoms with Crippen LogP contribution >= 0.6 is 23.4 Å². The topological polar surface area (TPSA) is 82.9 Å². The van der Waals surface area contributed by atoms with Crippen LogP contribution in [0, 0.1) is 11.7 Å². The van der Waals surface area contributed by atoms with E-state index < -0.39 is 11.1 Å². The zero-order chi connectivity index (χ0) is 20.1. The van der Waals surface area contributed by atoms with E-state index in [-0.39, 0.29) is 23.3 Å². The summed E-state index contributed by atoms with van der Waals surface area (Å²) in [5, 5.41) is 13.5. The molecule has 3 rings (SSSR count). The van der Waals surface area contributed by atoms with E-state index in [0.717, 1.165) is 18.6 Å². The highest BCUT2D eigenvalue weighted by Crippen LogP contribution is 2.26.